The van der Waals surface area contributed by atoms with Gasteiger partial charge in [0.2, 0.25) is 6.79 Å². The van der Waals surface area contributed by atoms with Crippen LogP contribution in [0.3, 0.4) is 0 Å². The van der Waals surface area contributed by atoms with Gasteiger partial charge in [0.15, 0.2) is 17.3 Å². The van der Waals surface area contributed by atoms with Crippen LogP contribution >= 0.6 is 0 Å². The van der Waals surface area contributed by atoms with Crippen LogP contribution in [0.25, 0.3) is 0 Å². The Morgan fingerprint density at radius 3 is 3.19 bits per heavy atom. The fourth-order valence-electron chi connectivity index (χ4n) is 1.61. The second-order valence-electron chi connectivity index (χ2n) is 3.61. The van der Waals surface area contributed by atoms with Crippen LogP contribution in [0.5, 0.6) is 11.5 Å². The number of fused-ring (bicyclic) bond motifs is 1. The predicted molar refractivity (Wildman–Crippen MR) is 60.0 cm³/mol. The quantitative estimate of drug-likeness (QED) is 0.786. The molecule has 86 valence electrons. The van der Waals surface area contributed by atoms with E-state index in [0.29, 0.717) is 23.6 Å². The average Bonchev–Trinajstić information content (AvgIpc) is 2.81. The van der Waals surface area contributed by atoms with Crippen molar-refractivity contribution in [2.45, 2.75) is 19.9 Å². The van der Waals surface area contributed by atoms with Gasteiger partial charge in [-0.05, 0) is 31.7 Å². The summed E-state index contributed by atoms with van der Waals surface area (Å²) in [5.41, 5.74) is 0.597. The molecule has 2 rings (SSSR count). The van der Waals surface area contributed by atoms with E-state index in [4.69, 9.17) is 10.8 Å². The number of nitrogens with one attached hydrogen (secondary N) is 1. The Balaban J connectivity index is 2.09. The Kier molecular flexibility index (Phi) is 2.74. The van der Waals surface area contributed by atoms with Gasteiger partial charge >= 0.3 is 0 Å². The first-order valence-electron chi connectivity index (χ1n) is 5.89. The van der Waals surface area contributed by atoms with Crippen LogP contribution in [-0.2, 0) is 0 Å². The van der Waals surface area contributed by atoms with Crippen molar-refractivity contribution >= 4 is 5.78 Å². The third-order valence-electron chi connectivity index (χ3n) is 2.50. The number of rotatable bonds is 4. The molecule has 0 radical (unpaired) electrons. The van der Waals surface area contributed by atoms with Crippen molar-refractivity contribution in [1.82, 2.24) is 5.32 Å². The van der Waals surface area contributed by atoms with Gasteiger partial charge in [-0.3, -0.25) is 4.79 Å². The summed E-state index contributed by atoms with van der Waals surface area (Å²) < 4.78 is 17.4. The van der Waals surface area contributed by atoms with Gasteiger partial charge in [0.05, 0.1) is 6.04 Å². The van der Waals surface area contributed by atoms with Gasteiger partial charge in [0, 0.05) is 6.93 Å². The SMILES string of the molecule is [2H]CCNC(C)C(=O)c1ccc2c(c1)OCO2. The molecule has 1 aromatic carbocycles. The van der Waals surface area contributed by atoms with E-state index in [0.717, 1.165) is 0 Å². The van der Waals surface area contributed by atoms with E-state index in [1.807, 2.05) is 0 Å². The third-order valence-corrected chi connectivity index (χ3v) is 2.50. The molecule has 1 heterocycles. The van der Waals surface area contributed by atoms with E-state index >= 15 is 0 Å². The number of ketones is 1. The number of benzene rings is 1. The zero-order chi connectivity index (χ0) is 12.3. The molecule has 4 heteroatoms. The molecule has 1 aliphatic rings. The molecule has 1 aromatic rings. The lowest BCUT2D eigenvalue weighted by Gasteiger charge is -2.11. The Hall–Kier alpha value is -1.55. The first-order valence-corrected chi connectivity index (χ1v) is 5.19. The van der Waals surface area contributed by atoms with Gasteiger partial charge in [-0.2, -0.15) is 0 Å². The molecular weight excluding hydrogens is 206 g/mol. The topological polar surface area (TPSA) is 47.6 Å². The fraction of sp³-hybridized carbons (Fsp3) is 0.417. The van der Waals surface area contributed by atoms with Crippen molar-refractivity contribution in [1.29, 1.82) is 0 Å². The molecule has 0 fully saturated rings. The molecule has 1 N–H and O–H groups in total. The molecule has 0 bridgehead atoms. The standard InChI is InChI=1S/C12H15NO3/c1-3-13-8(2)12(14)9-4-5-10-11(6-9)16-7-15-10/h4-6,8,13H,3,7H2,1-2H3/i1D. The summed E-state index contributed by atoms with van der Waals surface area (Å²) in [6, 6.07) is 4.88. The van der Waals surface area contributed by atoms with Crippen molar-refractivity contribution < 1.29 is 15.6 Å². The van der Waals surface area contributed by atoms with Crippen molar-refractivity contribution in [3.63, 3.8) is 0 Å². The predicted octanol–water partition coefficient (Wildman–Crippen LogP) is 1.60. The van der Waals surface area contributed by atoms with Gasteiger partial charge in [-0.15, -0.1) is 0 Å². The zero-order valence-corrected chi connectivity index (χ0v) is 9.16. The molecule has 16 heavy (non-hydrogen) atoms. The Labute approximate surface area is 96.0 Å². The lowest BCUT2D eigenvalue weighted by molar-refractivity contribution is 0.0951. The highest BCUT2D eigenvalue weighted by molar-refractivity contribution is 6.00. The minimum absolute atomic E-state index is 0.00301. The van der Waals surface area contributed by atoms with Crippen molar-refractivity contribution in [3.05, 3.63) is 23.8 Å². The summed E-state index contributed by atoms with van der Waals surface area (Å²) in [4.78, 5) is 12.0. The van der Waals surface area contributed by atoms with E-state index in [2.05, 4.69) is 5.32 Å². The number of Topliss-reactive ketones (excluding diaryl/α,β-unsaturated/α-hetero) is 1. The van der Waals surface area contributed by atoms with Gasteiger partial charge in [-0.1, -0.05) is 6.90 Å². The van der Waals surface area contributed by atoms with Crippen LogP contribution in [-0.4, -0.2) is 25.2 Å². The van der Waals surface area contributed by atoms with Gasteiger partial charge in [0.1, 0.15) is 0 Å². The van der Waals surface area contributed by atoms with Crippen molar-refractivity contribution in [2.24, 2.45) is 0 Å². The number of hydrogen-bond donors (Lipinski definition) is 1. The first-order chi connectivity index (χ1) is 8.22. The van der Waals surface area contributed by atoms with E-state index in [1.54, 1.807) is 25.1 Å². The molecule has 4 nitrogen and oxygen atoms in total. The van der Waals surface area contributed by atoms with Crippen LogP contribution in [0.15, 0.2) is 18.2 Å². The molecule has 0 saturated heterocycles. The molecule has 0 aliphatic carbocycles. The Bertz CT molecular complexity index is 422. The number of carbonyl (C=O) groups is 1. The summed E-state index contributed by atoms with van der Waals surface area (Å²) in [7, 11) is 0. The summed E-state index contributed by atoms with van der Waals surface area (Å²) in [6.45, 7) is 2.78. The van der Waals surface area contributed by atoms with E-state index in [9.17, 15) is 4.79 Å². The molecule has 0 amide bonds. The maximum atomic E-state index is 12.0. The normalized spacial score (nSPS) is 15.7. The van der Waals surface area contributed by atoms with E-state index in [1.165, 1.54) is 0 Å². The maximum Gasteiger partial charge on any atom is 0.231 e. The van der Waals surface area contributed by atoms with E-state index in [-0.39, 0.29) is 25.5 Å². The minimum atomic E-state index is -0.291. The van der Waals surface area contributed by atoms with Crippen LogP contribution in [0.2, 0.25) is 0 Å². The Morgan fingerprint density at radius 2 is 2.38 bits per heavy atom. The average molecular weight is 222 g/mol. The van der Waals surface area contributed by atoms with Crippen LogP contribution in [0.1, 0.15) is 25.6 Å². The second kappa shape index (κ2) is 4.53. The maximum absolute atomic E-state index is 12.0. The smallest absolute Gasteiger partial charge is 0.231 e. The highest BCUT2D eigenvalue weighted by Crippen LogP contribution is 2.32. The van der Waals surface area contributed by atoms with Crippen LogP contribution in [0, 0.1) is 0 Å². The molecule has 1 aliphatic heterocycles. The van der Waals surface area contributed by atoms with Crippen LogP contribution in [0.4, 0.5) is 0 Å². The summed E-state index contributed by atoms with van der Waals surface area (Å²) in [5.74, 6) is 1.29. The first kappa shape index (κ1) is 9.66. The van der Waals surface area contributed by atoms with Gasteiger partial charge in [-0.25, -0.2) is 0 Å². The van der Waals surface area contributed by atoms with Gasteiger partial charge in [0.25, 0.3) is 0 Å². The van der Waals surface area contributed by atoms with Crippen molar-refractivity contribution in [3.8, 4) is 11.5 Å². The highest BCUT2D eigenvalue weighted by atomic mass is 16.7. The van der Waals surface area contributed by atoms with Crippen molar-refractivity contribution in [2.75, 3.05) is 13.3 Å². The molecule has 1 unspecified atom stereocenters. The zero-order valence-electron chi connectivity index (χ0n) is 10.2. The number of hydrogen-bond acceptors (Lipinski definition) is 4. The molecular formula is C12H15NO3. The molecule has 0 saturated carbocycles. The molecule has 1 atom stereocenters. The fourth-order valence-corrected chi connectivity index (χ4v) is 1.61. The molecule has 0 spiro atoms. The second-order valence-corrected chi connectivity index (χ2v) is 3.61. The minimum Gasteiger partial charge on any atom is -0.454 e. The number of ether oxygens (including phenoxy) is 2. The largest absolute Gasteiger partial charge is 0.454 e. The summed E-state index contributed by atoms with van der Waals surface area (Å²) in [6.07, 6.45) is 0. The monoisotopic (exact) mass is 222 g/mol. The van der Waals surface area contributed by atoms with Gasteiger partial charge < -0.3 is 14.8 Å². The summed E-state index contributed by atoms with van der Waals surface area (Å²) >= 11 is 0. The van der Waals surface area contributed by atoms with E-state index < -0.39 is 0 Å². The lowest BCUT2D eigenvalue weighted by atomic mass is 10.0. The summed E-state index contributed by atoms with van der Waals surface area (Å²) in [5, 5.41) is 2.99. The van der Waals surface area contributed by atoms with Crippen LogP contribution < -0.4 is 14.8 Å². The number of likely N-dealkylation sites (N-methyl/N-ethyl adjacent to an activating group) is 1. The molecule has 0 aromatic heterocycles. The highest BCUT2D eigenvalue weighted by Gasteiger charge is 2.19. The number of carbonyl (C=O) groups excluding carboxylic acids is 1. The third kappa shape index (κ3) is 2.02. The lowest BCUT2D eigenvalue weighted by Crippen LogP contribution is -2.33. The Morgan fingerprint density at radius 1 is 1.56 bits per heavy atom.